The van der Waals surface area contributed by atoms with Gasteiger partial charge in [-0.15, -0.1) is 0 Å². The smallest absolute Gasteiger partial charge is 1.00 e. The number of allylic oxidation sites excluding steroid dienone is 5. The van der Waals surface area contributed by atoms with Crippen LogP contribution in [-0.4, -0.2) is 9.78 Å². The van der Waals surface area contributed by atoms with Crippen molar-refractivity contribution in [1.82, 2.24) is 9.78 Å². The predicted octanol–water partition coefficient (Wildman–Crippen LogP) is -0.196. The van der Waals surface area contributed by atoms with Gasteiger partial charge in [-0.1, -0.05) is 0 Å². The Labute approximate surface area is 189 Å². The maximum atomic E-state index is 4.77. The molecular formula is C23H20Cl2HfN2. The number of hydrogen-bond acceptors (Lipinski definition) is 1. The van der Waals surface area contributed by atoms with Crippen LogP contribution in [0.2, 0.25) is 0 Å². The van der Waals surface area contributed by atoms with Gasteiger partial charge in [0.2, 0.25) is 0 Å². The first kappa shape index (κ1) is 21.3. The van der Waals surface area contributed by atoms with Gasteiger partial charge < -0.3 is 24.8 Å². The van der Waals surface area contributed by atoms with E-state index in [-0.39, 0.29) is 24.8 Å². The van der Waals surface area contributed by atoms with E-state index >= 15 is 0 Å². The van der Waals surface area contributed by atoms with Crippen LogP contribution in [0.25, 0.3) is 22.7 Å². The summed E-state index contributed by atoms with van der Waals surface area (Å²) >= 11 is -1.07. The molecule has 0 amide bonds. The number of aromatic nitrogens is 2. The van der Waals surface area contributed by atoms with E-state index in [1.807, 2.05) is 6.20 Å². The molecule has 0 N–H and O–H groups in total. The summed E-state index contributed by atoms with van der Waals surface area (Å²) in [7, 11) is 0. The third-order valence-corrected chi connectivity index (χ3v) is 12.2. The quantitative estimate of drug-likeness (QED) is 0.397. The fourth-order valence-electron chi connectivity index (χ4n) is 3.96. The summed E-state index contributed by atoms with van der Waals surface area (Å²) < 4.78 is 4.50. The molecule has 0 radical (unpaired) electrons. The van der Waals surface area contributed by atoms with E-state index < -0.39 is 22.9 Å². The van der Waals surface area contributed by atoms with Crippen LogP contribution in [0.4, 0.5) is 0 Å². The maximum absolute atomic E-state index is 4.77. The van der Waals surface area contributed by atoms with Crippen LogP contribution in [0.1, 0.15) is 35.1 Å². The molecule has 28 heavy (non-hydrogen) atoms. The van der Waals surface area contributed by atoms with E-state index in [2.05, 4.69) is 79.2 Å². The third-order valence-electron chi connectivity index (χ3n) is 5.60. The third kappa shape index (κ3) is 3.49. The fourth-order valence-corrected chi connectivity index (χ4v) is 10.3. The van der Waals surface area contributed by atoms with Crippen molar-refractivity contribution in [3.05, 3.63) is 86.4 Å². The van der Waals surface area contributed by atoms with Crippen LogP contribution in [0.3, 0.4) is 0 Å². The molecule has 2 aliphatic rings. The Balaban J connectivity index is 0.00000112. The van der Waals surface area contributed by atoms with Crippen molar-refractivity contribution in [2.45, 2.75) is 23.9 Å². The van der Waals surface area contributed by atoms with Gasteiger partial charge in [-0.25, -0.2) is 0 Å². The van der Waals surface area contributed by atoms with Crippen LogP contribution in [0.5, 0.6) is 0 Å². The number of fused-ring (bicyclic) bond motifs is 2. The van der Waals surface area contributed by atoms with Crippen LogP contribution in [0, 0.1) is 0 Å². The Kier molecular flexibility index (Phi) is 6.48. The minimum Gasteiger partial charge on any atom is -1.00 e. The van der Waals surface area contributed by atoms with Gasteiger partial charge in [0.15, 0.2) is 0 Å². The zero-order valence-corrected chi connectivity index (χ0v) is 20.9. The summed E-state index contributed by atoms with van der Waals surface area (Å²) in [6, 6.07) is 17.4. The van der Waals surface area contributed by atoms with Crippen molar-refractivity contribution >= 4 is 22.7 Å². The largest absolute Gasteiger partial charge is 1.00 e. The summed E-state index contributed by atoms with van der Waals surface area (Å²) in [4.78, 5) is 0. The van der Waals surface area contributed by atoms with Crippen molar-refractivity contribution in [3.63, 3.8) is 0 Å². The van der Waals surface area contributed by atoms with Gasteiger partial charge in [-0.05, 0) is 0 Å². The van der Waals surface area contributed by atoms with Crippen LogP contribution in [-0.2, 0) is 22.9 Å². The van der Waals surface area contributed by atoms with Crippen molar-refractivity contribution in [2.24, 2.45) is 0 Å². The van der Waals surface area contributed by atoms with Gasteiger partial charge in [-0.3, -0.25) is 0 Å². The standard InChI is InChI=1S/C16H11N2.C7H9.2ClH.Hf/c1-2-6-13-10-15(9-12(13)5-1)18-16-8-4-3-7-14(16)11-17-18;1-6-4-3-5-7(6)2;;;/h1-11H;4H,3H2,1-2H3;2*1H;/q;;;;+2/p-2. The monoisotopic (exact) mass is 574 g/mol. The minimum atomic E-state index is -1.07. The molecule has 0 saturated heterocycles. The Bertz CT molecular complexity index is 1120. The van der Waals surface area contributed by atoms with E-state index in [1.54, 1.807) is 8.90 Å². The first-order chi connectivity index (χ1) is 12.7. The molecule has 3 aromatic rings. The Morgan fingerprint density at radius 2 is 1.75 bits per heavy atom. The molecule has 2 aromatic carbocycles. The number of benzene rings is 2. The van der Waals surface area contributed by atoms with E-state index in [0.717, 1.165) is 0 Å². The molecule has 140 valence electrons. The zero-order chi connectivity index (χ0) is 17.7. The average Bonchev–Trinajstić information content (AvgIpc) is 3.34. The molecule has 5 rings (SSSR count). The summed E-state index contributed by atoms with van der Waals surface area (Å²) in [6.07, 6.45) is 7.95. The van der Waals surface area contributed by atoms with Crippen molar-refractivity contribution in [3.8, 4) is 0 Å². The molecule has 0 bridgehead atoms. The van der Waals surface area contributed by atoms with E-state index in [9.17, 15) is 0 Å². The number of hydrogen-bond donors (Lipinski definition) is 0. The summed E-state index contributed by atoms with van der Waals surface area (Å²) in [5.74, 6) is 0. The maximum Gasteiger partial charge on any atom is -1.00 e. The molecule has 0 spiro atoms. The SMILES string of the molecule is CC1=CC[C]([Hf+2][CH]2C(n3ncc4ccccc43)=Cc3ccccc32)=C1C.[Cl-].[Cl-]. The molecular weight excluding hydrogens is 554 g/mol. The first-order valence-corrected chi connectivity index (χ1v) is 13.0. The van der Waals surface area contributed by atoms with Crippen LogP contribution >= 0.6 is 0 Å². The Hall–Kier alpha value is -1.42. The number of nitrogens with zero attached hydrogens (tertiary/aromatic N) is 2. The molecule has 0 saturated carbocycles. The minimum absolute atomic E-state index is 0. The number of para-hydroxylation sites is 1. The molecule has 2 nitrogen and oxygen atoms in total. The number of halogens is 2. The molecule has 1 atom stereocenters. The van der Waals surface area contributed by atoms with Crippen molar-refractivity contribution in [1.29, 1.82) is 0 Å². The van der Waals surface area contributed by atoms with E-state index in [4.69, 9.17) is 5.10 Å². The van der Waals surface area contributed by atoms with Crippen molar-refractivity contribution in [2.75, 3.05) is 0 Å². The Morgan fingerprint density at radius 3 is 2.54 bits per heavy atom. The topological polar surface area (TPSA) is 17.8 Å². The van der Waals surface area contributed by atoms with E-state index in [1.165, 1.54) is 39.7 Å². The van der Waals surface area contributed by atoms with Crippen LogP contribution < -0.4 is 24.8 Å². The second-order valence-electron chi connectivity index (χ2n) is 7.09. The van der Waals surface area contributed by atoms with Gasteiger partial charge in [0.1, 0.15) is 0 Å². The zero-order valence-electron chi connectivity index (χ0n) is 15.8. The molecule has 1 heterocycles. The van der Waals surface area contributed by atoms with Gasteiger partial charge in [0.25, 0.3) is 0 Å². The summed E-state index contributed by atoms with van der Waals surface area (Å²) in [5, 5.41) is 5.98. The normalized spacial score (nSPS) is 17.4. The molecule has 2 aliphatic carbocycles. The average molecular weight is 574 g/mol. The number of rotatable bonds is 3. The van der Waals surface area contributed by atoms with Crippen LogP contribution in [0.15, 0.2) is 75.3 Å². The van der Waals surface area contributed by atoms with Gasteiger partial charge in [0, 0.05) is 0 Å². The Morgan fingerprint density at radius 1 is 1.00 bits per heavy atom. The van der Waals surface area contributed by atoms with E-state index in [0.29, 0.717) is 3.67 Å². The van der Waals surface area contributed by atoms with Gasteiger partial charge in [-0.2, -0.15) is 0 Å². The predicted molar refractivity (Wildman–Crippen MR) is 104 cm³/mol. The summed E-state index contributed by atoms with van der Waals surface area (Å²) in [5.41, 5.74) is 8.51. The second kappa shape index (κ2) is 8.52. The molecule has 5 heteroatoms. The first-order valence-electron chi connectivity index (χ1n) is 9.09. The molecule has 1 unspecified atom stereocenters. The molecule has 1 aromatic heterocycles. The summed E-state index contributed by atoms with van der Waals surface area (Å²) in [6.45, 7) is 4.57. The fraction of sp³-hybridized carbons (Fsp3) is 0.174. The van der Waals surface area contributed by atoms with Gasteiger partial charge in [0.05, 0.1) is 0 Å². The van der Waals surface area contributed by atoms with Crippen molar-refractivity contribution < 1.29 is 47.7 Å². The van der Waals surface area contributed by atoms with Gasteiger partial charge >= 0.3 is 166 Å². The molecule has 0 aliphatic heterocycles. The molecule has 0 fully saturated rings. The second-order valence-corrected chi connectivity index (χ2v) is 12.4.